The summed E-state index contributed by atoms with van der Waals surface area (Å²) in [7, 11) is 0. The molecule has 24 heavy (non-hydrogen) atoms. The van der Waals surface area contributed by atoms with Crippen molar-refractivity contribution in [3.8, 4) is 0 Å². The van der Waals surface area contributed by atoms with Crippen LogP contribution in [0, 0.1) is 5.92 Å². The van der Waals surface area contributed by atoms with Gasteiger partial charge in [0, 0.05) is 6.54 Å². The third-order valence-corrected chi connectivity index (χ3v) is 3.31. The van der Waals surface area contributed by atoms with E-state index in [9.17, 15) is 14.7 Å². The number of hydrogen-bond acceptors (Lipinski definition) is 4. The van der Waals surface area contributed by atoms with E-state index in [1.54, 1.807) is 39.0 Å². The Morgan fingerprint density at radius 1 is 1.29 bits per heavy atom. The highest BCUT2D eigenvalue weighted by Crippen LogP contribution is 2.16. The largest absolute Gasteiger partial charge is 0.460 e. The number of amides is 1. The minimum atomic E-state index is -0.791. The molecule has 2 unspecified atom stereocenters. The molecule has 0 saturated heterocycles. The quantitative estimate of drug-likeness (QED) is 0.566. The highest BCUT2D eigenvalue weighted by molar-refractivity contribution is 5.84. The molecule has 0 bridgehead atoms. The number of benzene rings is 1. The summed E-state index contributed by atoms with van der Waals surface area (Å²) < 4.78 is 5.26. The topological polar surface area (TPSA) is 75.6 Å². The van der Waals surface area contributed by atoms with E-state index in [-0.39, 0.29) is 18.9 Å². The Bertz CT molecular complexity index is 548. The van der Waals surface area contributed by atoms with Crippen LogP contribution in [0.4, 0.5) is 0 Å². The van der Waals surface area contributed by atoms with Crippen molar-refractivity contribution in [1.82, 2.24) is 5.32 Å². The zero-order valence-corrected chi connectivity index (χ0v) is 14.6. The number of carbonyl (C=O) groups is 2. The number of esters is 1. The van der Waals surface area contributed by atoms with Crippen molar-refractivity contribution in [1.29, 1.82) is 0 Å². The summed E-state index contributed by atoms with van der Waals surface area (Å²) in [5, 5.41) is 12.8. The van der Waals surface area contributed by atoms with Crippen LogP contribution in [0.5, 0.6) is 0 Å². The zero-order chi connectivity index (χ0) is 18.2. The van der Waals surface area contributed by atoms with Crippen molar-refractivity contribution in [3.05, 3.63) is 48.6 Å². The summed E-state index contributed by atoms with van der Waals surface area (Å²) in [4.78, 5) is 24.2. The van der Waals surface area contributed by atoms with Crippen molar-refractivity contribution in [2.75, 3.05) is 6.54 Å². The normalized spacial score (nSPS) is 13.7. The van der Waals surface area contributed by atoms with E-state index in [1.807, 2.05) is 18.2 Å². The minimum absolute atomic E-state index is 0.0173. The Hall–Kier alpha value is -2.14. The molecule has 0 spiro atoms. The number of carbonyl (C=O) groups excluding carboxylic acids is 2. The van der Waals surface area contributed by atoms with Gasteiger partial charge in [-0.3, -0.25) is 9.59 Å². The Morgan fingerprint density at radius 3 is 2.46 bits per heavy atom. The second-order valence-electron chi connectivity index (χ2n) is 6.68. The number of ether oxygens (including phenoxy) is 1. The van der Waals surface area contributed by atoms with E-state index in [4.69, 9.17) is 4.74 Å². The summed E-state index contributed by atoms with van der Waals surface area (Å²) in [6.45, 7) is 9.06. The lowest BCUT2D eigenvalue weighted by molar-refractivity contribution is -0.157. The number of allylic oxidation sites excluding steroid dienone is 1. The first-order valence-electron chi connectivity index (χ1n) is 8.06. The van der Waals surface area contributed by atoms with Gasteiger partial charge in [-0.25, -0.2) is 0 Å². The smallest absolute Gasteiger partial charge is 0.307 e. The van der Waals surface area contributed by atoms with E-state index in [1.165, 1.54) is 0 Å². The molecule has 1 aromatic rings. The van der Waals surface area contributed by atoms with Gasteiger partial charge in [0.2, 0.25) is 5.91 Å². The molecular formula is C19H27NO4. The van der Waals surface area contributed by atoms with Crippen LogP contribution in [0.15, 0.2) is 43.0 Å². The summed E-state index contributed by atoms with van der Waals surface area (Å²) >= 11 is 0. The molecule has 1 rings (SSSR count). The molecule has 0 aliphatic rings. The first-order valence-corrected chi connectivity index (χ1v) is 8.06. The van der Waals surface area contributed by atoms with Crippen molar-refractivity contribution in [2.45, 2.75) is 45.3 Å². The third-order valence-electron chi connectivity index (χ3n) is 3.31. The molecule has 1 aromatic carbocycles. The van der Waals surface area contributed by atoms with Crippen molar-refractivity contribution >= 4 is 11.9 Å². The lowest BCUT2D eigenvalue weighted by Gasteiger charge is -2.22. The van der Waals surface area contributed by atoms with Gasteiger partial charge in [0.1, 0.15) is 5.60 Å². The first kappa shape index (κ1) is 19.9. The zero-order valence-electron chi connectivity index (χ0n) is 14.6. The van der Waals surface area contributed by atoms with E-state index < -0.39 is 23.6 Å². The molecular weight excluding hydrogens is 306 g/mol. The Kier molecular flexibility index (Phi) is 7.65. The first-order chi connectivity index (χ1) is 11.2. The summed E-state index contributed by atoms with van der Waals surface area (Å²) in [5.74, 6) is -1.27. The summed E-state index contributed by atoms with van der Waals surface area (Å²) in [6, 6.07) is 9.08. The van der Waals surface area contributed by atoms with Gasteiger partial charge in [-0.05, 0) is 32.8 Å². The molecule has 2 N–H and O–H groups in total. The molecule has 132 valence electrons. The van der Waals surface area contributed by atoms with Gasteiger partial charge in [-0.15, -0.1) is 6.58 Å². The Balaban J connectivity index is 2.57. The molecule has 0 aromatic heterocycles. The van der Waals surface area contributed by atoms with E-state index in [0.717, 1.165) is 5.56 Å². The van der Waals surface area contributed by atoms with E-state index in [0.29, 0.717) is 6.42 Å². The van der Waals surface area contributed by atoms with E-state index >= 15 is 0 Å². The minimum Gasteiger partial charge on any atom is -0.460 e. The van der Waals surface area contributed by atoms with Gasteiger partial charge in [0.25, 0.3) is 0 Å². The lowest BCUT2D eigenvalue weighted by atomic mass is 10.00. The fourth-order valence-electron chi connectivity index (χ4n) is 2.20. The number of hydrogen-bond donors (Lipinski definition) is 2. The van der Waals surface area contributed by atoms with Crippen molar-refractivity contribution < 1.29 is 19.4 Å². The molecule has 5 nitrogen and oxygen atoms in total. The average Bonchev–Trinajstić information content (AvgIpc) is 2.51. The van der Waals surface area contributed by atoms with Gasteiger partial charge in [-0.1, -0.05) is 36.4 Å². The van der Waals surface area contributed by atoms with Crippen LogP contribution in [0.25, 0.3) is 0 Å². The van der Waals surface area contributed by atoms with Crippen LogP contribution in [0.2, 0.25) is 0 Å². The molecule has 2 atom stereocenters. The fourth-order valence-corrected chi connectivity index (χ4v) is 2.20. The average molecular weight is 333 g/mol. The molecule has 0 saturated carbocycles. The summed E-state index contributed by atoms with van der Waals surface area (Å²) in [5.41, 5.74) is 0.140. The van der Waals surface area contributed by atoms with Gasteiger partial charge in [-0.2, -0.15) is 0 Å². The number of nitrogens with one attached hydrogen (secondary N) is 1. The van der Waals surface area contributed by atoms with Crippen LogP contribution < -0.4 is 5.32 Å². The molecule has 0 aliphatic carbocycles. The highest BCUT2D eigenvalue weighted by Gasteiger charge is 2.25. The number of aliphatic hydroxyl groups excluding tert-OH is 1. The second kappa shape index (κ2) is 9.23. The van der Waals surface area contributed by atoms with Crippen molar-refractivity contribution in [3.63, 3.8) is 0 Å². The van der Waals surface area contributed by atoms with Crippen LogP contribution in [-0.2, 0) is 14.3 Å². The molecule has 0 aliphatic heterocycles. The van der Waals surface area contributed by atoms with Crippen LogP contribution >= 0.6 is 0 Å². The maximum absolute atomic E-state index is 12.3. The molecule has 0 heterocycles. The molecule has 1 amide bonds. The van der Waals surface area contributed by atoms with Gasteiger partial charge < -0.3 is 15.2 Å². The predicted molar refractivity (Wildman–Crippen MR) is 93.2 cm³/mol. The monoisotopic (exact) mass is 333 g/mol. The third kappa shape index (κ3) is 7.42. The van der Waals surface area contributed by atoms with Gasteiger partial charge in [0.05, 0.1) is 18.4 Å². The van der Waals surface area contributed by atoms with Crippen LogP contribution in [0.3, 0.4) is 0 Å². The number of aliphatic hydroxyl groups is 1. The van der Waals surface area contributed by atoms with E-state index in [2.05, 4.69) is 11.9 Å². The highest BCUT2D eigenvalue weighted by atomic mass is 16.6. The number of rotatable bonds is 8. The standard InChI is InChI=1S/C19H27NO4/c1-5-9-15(12-17(22)24-19(2,3)4)18(23)20-13-16(21)14-10-7-6-8-11-14/h5-8,10-11,15-16,21H,1,9,12-13H2,2-4H3,(H,20,23). The Labute approximate surface area is 143 Å². The van der Waals surface area contributed by atoms with Crippen LogP contribution in [-0.4, -0.2) is 29.1 Å². The van der Waals surface area contributed by atoms with Crippen molar-refractivity contribution in [2.24, 2.45) is 5.92 Å². The second-order valence-corrected chi connectivity index (χ2v) is 6.68. The van der Waals surface area contributed by atoms with Gasteiger partial charge in [0.15, 0.2) is 0 Å². The lowest BCUT2D eigenvalue weighted by Crippen LogP contribution is -2.36. The van der Waals surface area contributed by atoms with Crippen LogP contribution in [0.1, 0.15) is 45.3 Å². The SMILES string of the molecule is C=CCC(CC(=O)OC(C)(C)C)C(=O)NCC(O)c1ccccc1. The predicted octanol–water partition coefficient (Wildman–Crippen LogP) is 2.76. The molecule has 0 radical (unpaired) electrons. The molecule has 5 heteroatoms. The maximum atomic E-state index is 12.3. The molecule has 0 fully saturated rings. The fraction of sp³-hybridized carbons (Fsp3) is 0.474. The Morgan fingerprint density at radius 2 is 1.92 bits per heavy atom. The summed E-state index contributed by atoms with van der Waals surface area (Å²) in [6.07, 6.45) is 1.16. The maximum Gasteiger partial charge on any atom is 0.307 e. The van der Waals surface area contributed by atoms with Gasteiger partial charge >= 0.3 is 5.97 Å².